The molecule has 24 heavy (non-hydrogen) atoms. The Morgan fingerprint density at radius 3 is 3.08 bits per heavy atom. The molecule has 0 spiro atoms. The molecule has 0 aromatic heterocycles. The lowest BCUT2D eigenvalue weighted by molar-refractivity contribution is -0.0364. The van der Waals surface area contributed by atoms with Crippen molar-refractivity contribution < 1.29 is 14.3 Å². The molecule has 132 valence electrons. The molecule has 2 heterocycles. The van der Waals surface area contributed by atoms with Crippen molar-refractivity contribution in [1.82, 2.24) is 15.1 Å². The SMILES string of the molecule is CCOc1ccccc1CCNC(=O)N1CCN2CCOCC2C1. The number of carbonyl (C=O) groups excluding carboxylic acids is 1. The fraction of sp³-hybridized carbons (Fsp3) is 0.611. The molecule has 1 aromatic rings. The Kier molecular flexibility index (Phi) is 5.93. The molecule has 6 nitrogen and oxygen atoms in total. The van der Waals surface area contributed by atoms with Gasteiger partial charge in [0.1, 0.15) is 5.75 Å². The van der Waals surface area contributed by atoms with Crippen LogP contribution in [0.15, 0.2) is 24.3 Å². The van der Waals surface area contributed by atoms with E-state index in [0.717, 1.165) is 57.1 Å². The molecule has 0 aliphatic carbocycles. The molecule has 2 aliphatic heterocycles. The van der Waals surface area contributed by atoms with Crippen molar-refractivity contribution in [2.24, 2.45) is 0 Å². The highest BCUT2D eigenvalue weighted by atomic mass is 16.5. The van der Waals surface area contributed by atoms with Crippen LogP contribution in [-0.4, -0.2) is 74.4 Å². The average molecular weight is 333 g/mol. The van der Waals surface area contributed by atoms with Gasteiger partial charge < -0.3 is 19.7 Å². The first-order chi connectivity index (χ1) is 11.8. The zero-order valence-corrected chi connectivity index (χ0v) is 14.4. The predicted octanol–water partition coefficient (Wildman–Crippen LogP) is 1.35. The van der Waals surface area contributed by atoms with Crippen molar-refractivity contribution in [3.63, 3.8) is 0 Å². The third-order valence-corrected chi connectivity index (χ3v) is 4.67. The van der Waals surface area contributed by atoms with E-state index in [1.165, 1.54) is 0 Å². The number of para-hydroxylation sites is 1. The monoisotopic (exact) mass is 333 g/mol. The number of carbonyl (C=O) groups is 1. The average Bonchev–Trinajstić information content (AvgIpc) is 2.63. The van der Waals surface area contributed by atoms with Crippen LogP contribution in [-0.2, 0) is 11.2 Å². The number of rotatable bonds is 5. The van der Waals surface area contributed by atoms with Crippen LogP contribution in [0.3, 0.4) is 0 Å². The minimum Gasteiger partial charge on any atom is -0.494 e. The molecule has 3 rings (SSSR count). The fourth-order valence-corrected chi connectivity index (χ4v) is 3.35. The summed E-state index contributed by atoms with van der Waals surface area (Å²) in [5, 5.41) is 3.04. The lowest BCUT2D eigenvalue weighted by Gasteiger charge is -2.43. The summed E-state index contributed by atoms with van der Waals surface area (Å²) in [5.74, 6) is 0.905. The molecule has 2 saturated heterocycles. The van der Waals surface area contributed by atoms with E-state index in [-0.39, 0.29) is 6.03 Å². The van der Waals surface area contributed by atoms with Crippen LogP contribution in [0.2, 0.25) is 0 Å². The Balaban J connectivity index is 1.46. The summed E-state index contributed by atoms with van der Waals surface area (Å²) in [4.78, 5) is 16.7. The Bertz CT molecular complexity index is 552. The van der Waals surface area contributed by atoms with Gasteiger partial charge in [-0.2, -0.15) is 0 Å². The highest BCUT2D eigenvalue weighted by molar-refractivity contribution is 5.74. The molecule has 0 radical (unpaired) electrons. The Morgan fingerprint density at radius 2 is 2.21 bits per heavy atom. The van der Waals surface area contributed by atoms with Gasteiger partial charge in [-0.3, -0.25) is 4.90 Å². The van der Waals surface area contributed by atoms with Gasteiger partial charge in [0, 0.05) is 32.7 Å². The summed E-state index contributed by atoms with van der Waals surface area (Å²) < 4.78 is 11.2. The lowest BCUT2D eigenvalue weighted by atomic mass is 10.1. The molecule has 2 fully saturated rings. The summed E-state index contributed by atoms with van der Waals surface area (Å²) >= 11 is 0. The van der Waals surface area contributed by atoms with Crippen LogP contribution in [0.5, 0.6) is 5.75 Å². The lowest BCUT2D eigenvalue weighted by Crippen LogP contribution is -2.60. The topological polar surface area (TPSA) is 54.0 Å². The van der Waals surface area contributed by atoms with Gasteiger partial charge in [-0.25, -0.2) is 4.79 Å². The number of amides is 2. The first-order valence-electron chi connectivity index (χ1n) is 8.83. The standard InChI is InChI=1S/C18H27N3O3/c1-2-24-17-6-4-3-5-15(17)7-8-19-18(22)21-10-9-20-11-12-23-14-16(20)13-21/h3-6,16H,2,7-14H2,1H3,(H,19,22). The number of hydrogen-bond acceptors (Lipinski definition) is 4. The summed E-state index contributed by atoms with van der Waals surface area (Å²) in [6.07, 6.45) is 0.772. The Hall–Kier alpha value is -1.79. The van der Waals surface area contributed by atoms with Gasteiger partial charge in [0.25, 0.3) is 0 Å². The van der Waals surface area contributed by atoms with Gasteiger partial charge >= 0.3 is 6.03 Å². The van der Waals surface area contributed by atoms with Crippen molar-refractivity contribution in [3.05, 3.63) is 29.8 Å². The van der Waals surface area contributed by atoms with Crippen LogP contribution in [0.1, 0.15) is 12.5 Å². The quantitative estimate of drug-likeness (QED) is 0.884. The second-order valence-corrected chi connectivity index (χ2v) is 6.23. The van der Waals surface area contributed by atoms with Crippen molar-refractivity contribution in [2.75, 3.05) is 52.5 Å². The second-order valence-electron chi connectivity index (χ2n) is 6.23. The minimum atomic E-state index is 0.0223. The minimum absolute atomic E-state index is 0.0223. The van der Waals surface area contributed by atoms with Gasteiger partial charge in [-0.15, -0.1) is 0 Å². The van der Waals surface area contributed by atoms with Crippen LogP contribution in [0.4, 0.5) is 4.79 Å². The van der Waals surface area contributed by atoms with Crippen LogP contribution in [0, 0.1) is 0 Å². The first-order valence-corrected chi connectivity index (χ1v) is 8.83. The van der Waals surface area contributed by atoms with Gasteiger partial charge in [0.05, 0.1) is 25.9 Å². The zero-order valence-electron chi connectivity index (χ0n) is 14.4. The number of benzene rings is 1. The molecule has 1 N–H and O–H groups in total. The maximum Gasteiger partial charge on any atom is 0.317 e. The Labute approximate surface area is 143 Å². The molecule has 2 amide bonds. The van der Waals surface area contributed by atoms with E-state index in [1.54, 1.807) is 0 Å². The smallest absolute Gasteiger partial charge is 0.317 e. The Morgan fingerprint density at radius 1 is 1.33 bits per heavy atom. The first kappa shape index (κ1) is 17.0. The third-order valence-electron chi connectivity index (χ3n) is 4.67. The van der Waals surface area contributed by atoms with Gasteiger partial charge in [-0.1, -0.05) is 18.2 Å². The third kappa shape index (κ3) is 4.19. The number of nitrogens with one attached hydrogen (secondary N) is 1. The number of hydrogen-bond donors (Lipinski definition) is 1. The van der Waals surface area contributed by atoms with Crippen LogP contribution in [0.25, 0.3) is 0 Å². The highest BCUT2D eigenvalue weighted by Gasteiger charge is 2.31. The van der Waals surface area contributed by atoms with E-state index in [4.69, 9.17) is 9.47 Å². The van der Waals surface area contributed by atoms with E-state index < -0.39 is 0 Å². The summed E-state index contributed by atoms with van der Waals surface area (Å²) in [6.45, 7) is 8.24. The van der Waals surface area contributed by atoms with Gasteiger partial charge in [0.2, 0.25) is 0 Å². The van der Waals surface area contributed by atoms with Crippen molar-refractivity contribution in [3.8, 4) is 5.75 Å². The van der Waals surface area contributed by atoms with E-state index in [0.29, 0.717) is 19.2 Å². The summed E-state index contributed by atoms with van der Waals surface area (Å²) in [6, 6.07) is 8.37. The highest BCUT2D eigenvalue weighted by Crippen LogP contribution is 2.18. The van der Waals surface area contributed by atoms with Crippen LogP contribution >= 0.6 is 0 Å². The maximum absolute atomic E-state index is 12.4. The number of urea groups is 1. The molecule has 2 aliphatic rings. The normalized spacial score (nSPS) is 21.2. The van der Waals surface area contributed by atoms with E-state index >= 15 is 0 Å². The molecule has 1 atom stereocenters. The summed E-state index contributed by atoms with van der Waals surface area (Å²) in [5.41, 5.74) is 1.13. The zero-order chi connectivity index (χ0) is 16.8. The number of ether oxygens (including phenoxy) is 2. The fourth-order valence-electron chi connectivity index (χ4n) is 3.35. The maximum atomic E-state index is 12.4. The van der Waals surface area contributed by atoms with E-state index in [2.05, 4.69) is 16.3 Å². The number of piperazine rings is 1. The molecule has 0 saturated carbocycles. The molecule has 0 bridgehead atoms. The number of nitrogens with zero attached hydrogens (tertiary/aromatic N) is 2. The van der Waals surface area contributed by atoms with Crippen molar-refractivity contribution >= 4 is 6.03 Å². The molecule has 6 heteroatoms. The molecular formula is C18H27N3O3. The summed E-state index contributed by atoms with van der Waals surface area (Å²) in [7, 11) is 0. The van der Waals surface area contributed by atoms with Crippen LogP contribution < -0.4 is 10.1 Å². The predicted molar refractivity (Wildman–Crippen MR) is 92.5 cm³/mol. The van der Waals surface area contributed by atoms with Gasteiger partial charge in [-0.05, 0) is 25.0 Å². The number of morpholine rings is 1. The van der Waals surface area contributed by atoms with Crippen molar-refractivity contribution in [1.29, 1.82) is 0 Å². The van der Waals surface area contributed by atoms with Crippen molar-refractivity contribution in [2.45, 2.75) is 19.4 Å². The largest absolute Gasteiger partial charge is 0.494 e. The van der Waals surface area contributed by atoms with E-state index in [9.17, 15) is 4.79 Å². The van der Waals surface area contributed by atoms with E-state index in [1.807, 2.05) is 30.0 Å². The molecular weight excluding hydrogens is 306 g/mol. The molecule has 1 aromatic carbocycles. The van der Waals surface area contributed by atoms with Gasteiger partial charge in [0.15, 0.2) is 0 Å². The number of fused-ring (bicyclic) bond motifs is 1. The molecule has 1 unspecified atom stereocenters. The second kappa shape index (κ2) is 8.35.